The van der Waals surface area contributed by atoms with Crippen molar-refractivity contribution in [1.29, 1.82) is 0 Å². The van der Waals surface area contributed by atoms with Crippen LogP contribution in [0.15, 0.2) is 36.4 Å². The van der Waals surface area contributed by atoms with E-state index in [9.17, 15) is 22.4 Å². The second-order valence-corrected chi connectivity index (χ2v) is 6.36. The zero-order valence-electron chi connectivity index (χ0n) is 13.9. The van der Waals surface area contributed by atoms with Crippen molar-refractivity contribution in [3.63, 3.8) is 0 Å². The summed E-state index contributed by atoms with van der Waals surface area (Å²) in [6.07, 6.45) is 0.328. The molecule has 3 rings (SSSR count). The molecule has 1 amide bonds. The van der Waals surface area contributed by atoms with Gasteiger partial charge >= 0.3 is 0 Å². The Kier molecular flexibility index (Phi) is 5.56. The van der Waals surface area contributed by atoms with Crippen molar-refractivity contribution in [2.75, 3.05) is 13.1 Å². The van der Waals surface area contributed by atoms with Crippen LogP contribution in [-0.4, -0.2) is 25.0 Å². The van der Waals surface area contributed by atoms with Gasteiger partial charge in [-0.15, -0.1) is 0 Å². The number of nitrogens with one attached hydrogen (secondary N) is 2. The monoisotopic (exact) mass is 366 g/mol. The van der Waals surface area contributed by atoms with Gasteiger partial charge in [-0.3, -0.25) is 4.79 Å². The lowest BCUT2D eigenvalue weighted by atomic mass is 9.86. The normalized spacial score (nSPS) is 20.0. The maximum Gasteiger partial charge on any atom is 0.224 e. The number of carbonyl (C=O) groups is 1. The van der Waals surface area contributed by atoms with E-state index in [0.717, 1.165) is 30.3 Å². The van der Waals surface area contributed by atoms with Crippen molar-refractivity contribution in [2.24, 2.45) is 0 Å². The van der Waals surface area contributed by atoms with Crippen LogP contribution < -0.4 is 10.6 Å². The van der Waals surface area contributed by atoms with E-state index >= 15 is 0 Å². The molecule has 1 saturated heterocycles. The summed E-state index contributed by atoms with van der Waals surface area (Å²) in [4.78, 5) is 12.3. The summed E-state index contributed by atoms with van der Waals surface area (Å²) in [6, 6.07) is 6.29. The zero-order chi connectivity index (χ0) is 18.7. The summed E-state index contributed by atoms with van der Waals surface area (Å²) in [6.45, 7) is 1.12. The van der Waals surface area contributed by atoms with Crippen LogP contribution >= 0.6 is 0 Å². The highest BCUT2D eigenvalue weighted by Gasteiger charge is 2.28. The average molecular weight is 366 g/mol. The van der Waals surface area contributed by atoms with Crippen LogP contribution in [0.3, 0.4) is 0 Å². The van der Waals surface area contributed by atoms with Crippen LogP contribution in [-0.2, 0) is 11.2 Å². The standard InChI is InChI=1S/C19H18F4N2O/c20-13-2-4-15(21)12(7-13)9-19(26)25-18-10-24-6-5-14(18)11-1-3-16(22)17(23)8-11/h1-4,7-8,14,18,24H,5-6,9-10H2,(H,25,26). The summed E-state index contributed by atoms with van der Waals surface area (Å²) in [5.74, 6) is -3.80. The molecule has 2 unspecified atom stereocenters. The van der Waals surface area contributed by atoms with Crippen molar-refractivity contribution in [3.8, 4) is 0 Å². The molecule has 2 N–H and O–H groups in total. The van der Waals surface area contributed by atoms with Gasteiger partial charge in [-0.1, -0.05) is 6.07 Å². The second kappa shape index (κ2) is 7.86. The minimum atomic E-state index is -0.937. The number of carbonyl (C=O) groups excluding carboxylic acids is 1. The Bertz CT molecular complexity index is 812. The van der Waals surface area contributed by atoms with Gasteiger partial charge in [-0.2, -0.15) is 0 Å². The fraction of sp³-hybridized carbons (Fsp3) is 0.316. The maximum atomic E-state index is 13.7. The Morgan fingerprint density at radius 1 is 1.04 bits per heavy atom. The van der Waals surface area contributed by atoms with E-state index in [1.54, 1.807) is 0 Å². The Morgan fingerprint density at radius 2 is 1.81 bits per heavy atom. The SMILES string of the molecule is O=C(Cc1cc(F)ccc1F)NC1CNCCC1c1ccc(F)c(F)c1. The molecule has 7 heteroatoms. The second-order valence-electron chi connectivity index (χ2n) is 6.36. The summed E-state index contributed by atoms with van der Waals surface area (Å²) in [5.41, 5.74) is 0.559. The van der Waals surface area contributed by atoms with E-state index in [0.29, 0.717) is 25.1 Å². The summed E-state index contributed by atoms with van der Waals surface area (Å²) in [7, 11) is 0. The number of halogens is 4. The number of rotatable bonds is 4. The van der Waals surface area contributed by atoms with Crippen molar-refractivity contribution in [2.45, 2.75) is 24.8 Å². The first-order chi connectivity index (χ1) is 12.4. The molecule has 0 radical (unpaired) electrons. The Balaban J connectivity index is 1.72. The number of hydrogen-bond donors (Lipinski definition) is 2. The third-order valence-corrected chi connectivity index (χ3v) is 4.56. The van der Waals surface area contributed by atoms with E-state index in [2.05, 4.69) is 10.6 Å². The molecular formula is C19H18F4N2O. The molecule has 0 spiro atoms. The van der Waals surface area contributed by atoms with Crippen molar-refractivity contribution >= 4 is 5.91 Å². The molecule has 1 heterocycles. The van der Waals surface area contributed by atoms with Gasteiger partial charge in [-0.05, 0) is 48.9 Å². The minimum absolute atomic E-state index is 0.0318. The molecule has 2 aromatic carbocycles. The van der Waals surface area contributed by atoms with Gasteiger partial charge in [0.2, 0.25) is 5.91 Å². The first kappa shape index (κ1) is 18.4. The molecule has 0 aliphatic carbocycles. The zero-order valence-corrected chi connectivity index (χ0v) is 13.9. The first-order valence-corrected chi connectivity index (χ1v) is 8.33. The summed E-state index contributed by atoms with van der Waals surface area (Å²) < 4.78 is 53.6. The third kappa shape index (κ3) is 4.22. The van der Waals surface area contributed by atoms with Crippen LogP contribution in [0, 0.1) is 23.3 Å². The summed E-state index contributed by atoms with van der Waals surface area (Å²) >= 11 is 0. The maximum absolute atomic E-state index is 13.7. The van der Waals surface area contributed by atoms with Gasteiger partial charge in [0.1, 0.15) is 11.6 Å². The van der Waals surface area contributed by atoms with E-state index in [1.165, 1.54) is 6.07 Å². The smallest absolute Gasteiger partial charge is 0.224 e. The van der Waals surface area contributed by atoms with Gasteiger partial charge in [0.05, 0.1) is 6.42 Å². The lowest BCUT2D eigenvalue weighted by Gasteiger charge is -2.33. The van der Waals surface area contributed by atoms with Crippen LogP contribution in [0.25, 0.3) is 0 Å². The number of benzene rings is 2. The molecule has 138 valence electrons. The molecule has 1 fully saturated rings. The molecule has 2 aromatic rings. The molecule has 26 heavy (non-hydrogen) atoms. The molecule has 0 saturated carbocycles. The summed E-state index contributed by atoms with van der Waals surface area (Å²) in [5, 5.41) is 5.92. The first-order valence-electron chi connectivity index (χ1n) is 8.33. The van der Waals surface area contributed by atoms with Crippen molar-refractivity contribution in [3.05, 3.63) is 70.8 Å². The highest BCUT2D eigenvalue weighted by atomic mass is 19.2. The van der Waals surface area contributed by atoms with Gasteiger partial charge < -0.3 is 10.6 Å². The van der Waals surface area contributed by atoms with Gasteiger partial charge in [0.25, 0.3) is 0 Å². The highest BCUT2D eigenvalue weighted by Crippen LogP contribution is 2.27. The van der Waals surface area contributed by atoms with Crippen molar-refractivity contribution < 1.29 is 22.4 Å². The highest BCUT2D eigenvalue weighted by molar-refractivity contribution is 5.79. The van der Waals surface area contributed by atoms with Crippen LogP contribution in [0.2, 0.25) is 0 Å². The lowest BCUT2D eigenvalue weighted by molar-refractivity contribution is -0.121. The van der Waals surface area contributed by atoms with E-state index in [-0.39, 0.29) is 23.9 Å². The van der Waals surface area contributed by atoms with Gasteiger partial charge in [0, 0.05) is 24.1 Å². The van der Waals surface area contributed by atoms with Crippen molar-refractivity contribution in [1.82, 2.24) is 10.6 Å². The number of amides is 1. The topological polar surface area (TPSA) is 41.1 Å². The van der Waals surface area contributed by atoms with Crippen LogP contribution in [0.5, 0.6) is 0 Å². The number of hydrogen-bond acceptors (Lipinski definition) is 2. The largest absolute Gasteiger partial charge is 0.351 e. The minimum Gasteiger partial charge on any atom is -0.351 e. The molecule has 0 bridgehead atoms. The van der Waals surface area contributed by atoms with Crippen LogP contribution in [0.1, 0.15) is 23.5 Å². The molecule has 0 aromatic heterocycles. The van der Waals surface area contributed by atoms with E-state index in [1.807, 2.05) is 0 Å². The molecule has 1 aliphatic rings. The van der Waals surface area contributed by atoms with Gasteiger partial charge in [-0.25, -0.2) is 17.6 Å². The van der Waals surface area contributed by atoms with Crippen LogP contribution in [0.4, 0.5) is 17.6 Å². The fourth-order valence-electron chi connectivity index (χ4n) is 3.26. The molecule has 2 atom stereocenters. The number of piperidine rings is 1. The van der Waals surface area contributed by atoms with E-state index < -0.39 is 29.2 Å². The molecule has 3 nitrogen and oxygen atoms in total. The predicted molar refractivity (Wildman–Crippen MR) is 88.6 cm³/mol. The Hall–Kier alpha value is -2.41. The predicted octanol–water partition coefficient (Wildman–Crippen LogP) is 3.05. The average Bonchev–Trinajstić information content (AvgIpc) is 2.61. The lowest BCUT2D eigenvalue weighted by Crippen LogP contribution is -2.50. The fourth-order valence-corrected chi connectivity index (χ4v) is 3.26. The van der Waals surface area contributed by atoms with E-state index in [4.69, 9.17) is 0 Å². The quantitative estimate of drug-likeness (QED) is 0.817. The van der Waals surface area contributed by atoms with Gasteiger partial charge in [0.15, 0.2) is 11.6 Å². The molecule has 1 aliphatic heterocycles. The third-order valence-electron chi connectivity index (χ3n) is 4.56. The Labute approximate surface area is 148 Å². The molecular weight excluding hydrogens is 348 g/mol. The Morgan fingerprint density at radius 3 is 2.58 bits per heavy atom.